The first-order chi connectivity index (χ1) is 9.01. The molecule has 1 saturated carbocycles. The summed E-state index contributed by atoms with van der Waals surface area (Å²) in [5.41, 5.74) is 1.06. The predicted octanol–water partition coefficient (Wildman–Crippen LogP) is 5.38. The predicted molar refractivity (Wildman–Crippen MR) is 83.7 cm³/mol. The van der Waals surface area contributed by atoms with Crippen LogP contribution in [0.25, 0.3) is 0 Å². The maximum Gasteiger partial charge on any atom is 0.147 e. The van der Waals surface area contributed by atoms with Crippen molar-refractivity contribution in [1.29, 1.82) is 0 Å². The molecule has 0 radical (unpaired) electrons. The minimum atomic E-state index is 0.501. The molecule has 0 spiro atoms. The summed E-state index contributed by atoms with van der Waals surface area (Å²) in [5, 5.41) is 0.570. The second kappa shape index (κ2) is 6.53. The first kappa shape index (κ1) is 15.2. The molecule has 2 rings (SSSR count). The van der Waals surface area contributed by atoms with Crippen LogP contribution in [0, 0.1) is 11.8 Å². The Morgan fingerprint density at radius 3 is 2.63 bits per heavy atom. The van der Waals surface area contributed by atoms with Gasteiger partial charge in [-0.1, -0.05) is 38.8 Å². The lowest BCUT2D eigenvalue weighted by molar-refractivity contribution is 0.515. The number of hydrogen-bond donors (Lipinski definition) is 0. The van der Waals surface area contributed by atoms with Gasteiger partial charge in [-0.25, -0.2) is 9.97 Å². The highest BCUT2D eigenvalue weighted by atomic mass is 79.9. The van der Waals surface area contributed by atoms with Crippen molar-refractivity contribution in [3.8, 4) is 0 Å². The van der Waals surface area contributed by atoms with Gasteiger partial charge < -0.3 is 0 Å². The van der Waals surface area contributed by atoms with Gasteiger partial charge in [-0.2, -0.15) is 0 Å². The second-order valence-corrected chi connectivity index (χ2v) is 7.17. The van der Waals surface area contributed by atoms with Crippen molar-refractivity contribution in [3.63, 3.8) is 0 Å². The van der Waals surface area contributed by atoms with Gasteiger partial charge in [0, 0.05) is 5.92 Å². The minimum Gasteiger partial charge on any atom is -0.236 e. The summed E-state index contributed by atoms with van der Waals surface area (Å²) in [6.07, 6.45) is 5.93. The van der Waals surface area contributed by atoms with Crippen molar-refractivity contribution in [3.05, 3.63) is 21.1 Å². The summed E-state index contributed by atoms with van der Waals surface area (Å²) in [7, 11) is 0. The van der Waals surface area contributed by atoms with Crippen LogP contribution in [0.15, 0.2) is 4.47 Å². The summed E-state index contributed by atoms with van der Waals surface area (Å²) < 4.78 is 0.872. The Morgan fingerprint density at radius 2 is 2.05 bits per heavy atom. The Bertz CT molecular complexity index is 448. The van der Waals surface area contributed by atoms with E-state index in [0.717, 1.165) is 28.3 Å². The molecule has 2 atom stereocenters. The molecule has 0 bridgehead atoms. The molecular formula is C15H22BrClN2. The summed E-state index contributed by atoms with van der Waals surface area (Å²) in [5.74, 6) is 2.87. The van der Waals surface area contributed by atoms with E-state index in [1.54, 1.807) is 0 Å². The Hall–Kier alpha value is -0.150. The second-order valence-electron chi connectivity index (χ2n) is 6.02. The molecule has 1 aromatic rings. The van der Waals surface area contributed by atoms with Gasteiger partial charge in [-0.15, -0.1) is 0 Å². The molecule has 0 aromatic carbocycles. The first-order valence-electron chi connectivity index (χ1n) is 7.23. The van der Waals surface area contributed by atoms with Crippen LogP contribution in [0.1, 0.15) is 63.9 Å². The maximum atomic E-state index is 6.25. The van der Waals surface area contributed by atoms with E-state index in [-0.39, 0.29) is 0 Å². The summed E-state index contributed by atoms with van der Waals surface area (Å²) in [6.45, 7) is 6.67. The average Bonchev–Trinajstić information content (AvgIpc) is 2.82. The molecule has 2 nitrogen and oxygen atoms in total. The highest BCUT2D eigenvalue weighted by Crippen LogP contribution is 2.39. The van der Waals surface area contributed by atoms with Gasteiger partial charge in [0.1, 0.15) is 11.0 Å². The molecule has 1 heterocycles. The highest BCUT2D eigenvalue weighted by Gasteiger charge is 2.27. The molecular weight excluding hydrogens is 324 g/mol. The standard InChI is InChI=1S/C15H22BrClN2/c1-4-10-5-6-11(8-10)15-18-12(7-9(2)3)13(16)14(17)19-15/h9-11H,4-8H2,1-3H3. The third kappa shape index (κ3) is 3.69. The molecule has 0 amide bonds. The van der Waals surface area contributed by atoms with E-state index in [9.17, 15) is 0 Å². The van der Waals surface area contributed by atoms with E-state index in [4.69, 9.17) is 16.6 Å². The smallest absolute Gasteiger partial charge is 0.147 e. The van der Waals surface area contributed by atoms with Crippen LogP contribution in [0.3, 0.4) is 0 Å². The van der Waals surface area contributed by atoms with Crippen LogP contribution in [-0.4, -0.2) is 9.97 Å². The third-order valence-electron chi connectivity index (χ3n) is 3.98. The van der Waals surface area contributed by atoms with E-state index in [2.05, 4.69) is 41.7 Å². The molecule has 0 aliphatic heterocycles. The zero-order valence-corrected chi connectivity index (χ0v) is 14.3. The van der Waals surface area contributed by atoms with Gasteiger partial charge >= 0.3 is 0 Å². The maximum absolute atomic E-state index is 6.25. The first-order valence-corrected chi connectivity index (χ1v) is 8.40. The fourth-order valence-corrected chi connectivity index (χ4v) is 3.40. The SMILES string of the molecule is CCC1CCC(c2nc(Cl)c(Br)c(CC(C)C)n2)C1. The van der Waals surface area contributed by atoms with Crippen molar-refractivity contribution in [1.82, 2.24) is 9.97 Å². The largest absolute Gasteiger partial charge is 0.236 e. The molecule has 0 N–H and O–H groups in total. The summed E-state index contributed by atoms with van der Waals surface area (Å²) in [6, 6.07) is 0. The number of nitrogens with zero attached hydrogens (tertiary/aromatic N) is 2. The van der Waals surface area contributed by atoms with E-state index in [1.165, 1.54) is 25.7 Å². The number of aromatic nitrogens is 2. The molecule has 106 valence electrons. The van der Waals surface area contributed by atoms with E-state index in [0.29, 0.717) is 17.0 Å². The topological polar surface area (TPSA) is 25.8 Å². The summed E-state index contributed by atoms with van der Waals surface area (Å²) >= 11 is 9.77. The molecule has 1 fully saturated rings. The van der Waals surface area contributed by atoms with Gasteiger partial charge in [-0.3, -0.25) is 0 Å². The molecule has 4 heteroatoms. The number of rotatable bonds is 4. The molecule has 19 heavy (non-hydrogen) atoms. The zero-order valence-electron chi connectivity index (χ0n) is 11.9. The van der Waals surface area contributed by atoms with E-state index >= 15 is 0 Å². The lowest BCUT2D eigenvalue weighted by Crippen LogP contribution is -2.08. The van der Waals surface area contributed by atoms with Crippen LogP contribution < -0.4 is 0 Å². The normalized spacial score (nSPS) is 23.3. The molecule has 1 aromatic heterocycles. The van der Waals surface area contributed by atoms with E-state index < -0.39 is 0 Å². The monoisotopic (exact) mass is 344 g/mol. The lowest BCUT2D eigenvalue weighted by atomic mass is 10.0. The van der Waals surface area contributed by atoms with Crippen molar-refractivity contribution in [2.45, 2.75) is 58.8 Å². The average molecular weight is 346 g/mol. The van der Waals surface area contributed by atoms with E-state index in [1.807, 2.05) is 0 Å². The van der Waals surface area contributed by atoms with Gasteiger partial charge in [0.2, 0.25) is 0 Å². The number of hydrogen-bond acceptors (Lipinski definition) is 2. The van der Waals surface area contributed by atoms with Gasteiger partial charge in [0.15, 0.2) is 0 Å². The molecule has 0 saturated heterocycles. The molecule has 2 unspecified atom stereocenters. The van der Waals surface area contributed by atoms with Crippen LogP contribution in [0.2, 0.25) is 5.15 Å². The Kier molecular flexibility index (Phi) is 5.24. The van der Waals surface area contributed by atoms with Crippen molar-refractivity contribution < 1.29 is 0 Å². The Labute approximate surface area is 129 Å². The molecule has 1 aliphatic carbocycles. The van der Waals surface area contributed by atoms with Gasteiger partial charge in [-0.05, 0) is 53.4 Å². The Balaban J connectivity index is 2.24. The van der Waals surface area contributed by atoms with Crippen molar-refractivity contribution in [2.24, 2.45) is 11.8 Å². The molecule has 1 aliphatic rings. The minimum absolute atomic E-state index is 0.501. The van der Waals surface area contributed by atoms with Crippen LogP contribution in [0.4, 0.5) is 0 Å². The fourth-order valence-electron chi connectivity index (χ4n) is 2.87. The zero-order chi connectivity index (χ0) is 14.0. The lowest BCUT2D eigenvalue weighted by Gasteiger charge is -2.14. The Morgan fingerprint density at radius 1 is 1.32 bits per heavy atom. The summed E-state index contributed by atoms with van der Waals surface area (Å²) in [4.78, 5) is 9.28. The highest BCUT2D eigenvalue weighted by molar-refractivity contribution is 9.10. The van der Waals surface area contributed by atoms with Crippen molar-refractivity contribution >= 4 is 27.5 Å². The van der Waals surface area contributed by atoms with Gasteiger partial charge in [0.05, 0.1) is 10.2 Å². The quantitative estimate of drug-likeness (QED) is 0.684. The third-order valence-corrected chi connectivity index (χ3v) is 5.32. The number of halogens is 2. The van der Waals surface area contributed by atoms with Crippen LogP contribution in [-0.2, 0) is 6.42 Å². The van der Waals surface area contributed by atoms with Crippen LogP contribution >= 0.6 is 27.5 Å². The van der Waals surface area contributed by atoms with Crippen LogP contribution in [0.5, 0.6) is 0 Å². The fraction of sp³-hybridized carbons (Fsp3) is 0.733. The van der Waals surface area contributed by atoms with Gasteiger partial charge in [0.25, 0.3) is 0 Å². The van der Waals surface area contributed by atoms with Crippen molar-refractivity contribution in [2.75, 3.05) is 0 Å².